The van der Waals surface area contributed by atoms with Gasteiger partial charge in [-0.25, -0.2) is 0 Å². The molecule has 0 radical (unpaired) electrons. The first-order chi connectivity index (χ1) is 10.4. The van der Waals surface area contributed by atoms with Gasteiger partial charge >= 0.3 is 0 Å². The molecule has 0 saturated heterocycles. The number of alkyl halides is 3. The molecule has 0 aliphatic carbocycles. The number of hydrogen-bond acceptors (Lipinski definition) is 4. The first-order valence-electron chi connectivity index (χ1n) is 6.22. The molecule has 118 valence electrons. The van der Waals surface area contributed by atoms with Gasteiger partial charge in [0.25, 0.3) is 5.91 Å². The summed E-state index contributed by atoms with van der Waals surface area (Å²) in [7, 11) is 1.58. The lowest BCUT2D eigenvalue weighted by Gasteiger charge is -2.27. The molecule has 2 rings (SSSR count). The van der Waals surface area contributed by atoms with E-state index in [1.807, 2.05) is 0 Å². The monoisotopic (exact) mass is 378 g/mol. The Kier molecular flexibility index (Phi) is 5.81. The van der Waals surface area contributed by atoms with Crippen molar-refractivity contribution in [2.75, 3.05) is 12.4 Å². The van der Waals surface area contributed by atoms with Crippen LogP contribution in [0.15, 0.2) is 41.8 Å². The van der Waals surface area contributed by atoms with Gasteiger partial charge in [0.15, 0.2) is 0 Å². The molecule has 1 atom stereocenters. The van der Waals surface area contributed by atoms with Crippen molar-refractivity contribution < 1.29 is 9.53 Å². The van der Waals surface area contributed by atoms with Crippen molar-refractivity contribution in [3.05, 3.63) is 46.7 Å². The number of anilines is 1. The van der Waals surface area contributed by atoms with Crippen LogP contribution in [-0.4, -0.2) is 23.0 Å². The standard InChI is InChI=1S/C14H13Cl3N2O2S/c1-21-10-6-4-9(5-7-10)18-13(14(15,16)17)19-12(20)11-3-2-8-22-11/h2-8,13,18H,1H3,(H,19,20)/t13-/m0/s1. The van der Waals surface area contributed by atoms with Gasteiger partial charge in [-0.1, -0.05) is 40.9 Å². The Hall–Kier alpha value is -1.14. The maximum absolute atomic E-state index is 12.1. The maximum atomic E-state index is 12.1. The van der Waals surface area contributed by atoms with Gasteiger partial charge in [-0.05, 0) is 35.7 Å². The smallest absolute Gasteiger partial charge is 0.263 e. The summed E-state index contributed by atoms with van der Waals surface area (Å²) < 4.78 is 3.37. The third kappa shape index (κ3) is 4.68. The first-order valence-corrected chi connectivity index (χ1v) is 8.23. The molecular weight excluding hydrogens is 367 g/mol. The van der Waals surface area contributed by atoms with Gasteiger partial charge in [0.1, 0.15) is 11.9 Å². The van der Waals surface area contributed by atoms with Crippen molar-refractivity contribution in [1.82, 2.24) is 5.32 Å². The average Bonchev–Trinajstić information content (AvgIpc) is 3.00. The summed E-state index contributed by atoms with van der Waals surface area (Å²) in [6.45, 7) is 0. The highest BCUT2D eigenvalue weighted by Crippen LogP contribution is 2.31. The topological polar surface area (TPSA) is 50.4 Å². The van der Waals surface area contributed by atoms with E-state index in [4.69, 9.17) is 39.5 Å². The van der Waals surface area contributed by atoms with Crippen molar-refractivity contribution in [3.63, 3.8) is 0 Å². The molecule has 8 heteroatoms. The van der Waals surface area contributed by atoms with Gasteiger partial charge in [0.2, 0.25) is 3.79 Å². The average molecular weight is 380 g/mol. The van der Waals surface area contributed by atoms with Gasteiger partial charge < -0.3 is 15.4 Å². The van der Waals surface area contributed by atoms with E-state index in [1.54, 1.807) is 48.9 Å². The quantitative estimate of drug-likeness (QED) is 0.602. The zero-order valence-corrected chi connectivity index (χ0v) is 14.6. The van der Waals surface area contributed by atoms with Crippen LogP contribution in [0.2, 0.25) is 0 Å². The number of carbonyl (C=O) groups is 1. The summed E-state index contributed by atoms with van der Waals surface area (Å²) in [6.07, 6.45) is -0.888. The number of benzene rings is 1. The molecule has 22 heavy (non-hydrogen) atoms. The normalized spacial score (nSPS) is 12.5. The second kappa shape index (κ2) is 7.42. The van der Waals surface area contributed by atoms with E-state index in [9.17, 15) is 4.79 Å². The fourth-order valence-corrected chi connectivity index (χ4v) is 2.62. The molecule has 0 saturated carbocycles. The number of hydrogen-bond donors (Lipinski definition) is 2. The Labute approximate surface area is 147 Å². The summed E-state index contributed by atoms with van der Waals surface area (Å²) in [6, 6.07) is 10.5. The Morgan fingerprint density at radius 1 is 1.23 bits per heavy atom. The molecule has 2 aromatic rings. The minimum Gasteiger partial charge on any atom is -0.497 e. The molecule has 0 aliphatic rings. The zero-order chi connectivity index (χ0) is 16.2. The molecule has 0 aliphatic heterocycles. The molecule has 1 amide bonds. The van der Waals surface area contributed by atoms with E-state index < -0.39 is 9.96 Å². The molecule has 1 aromatic carbocycles. The molecule has 1 heterocycles. The van der Waals surface area contributed by atoms with Crippen molar-refractivity contribution in [2.45, 2.75) is 9.96 Å². The van der Waals surface area contributed by atoms with Crippen LogP contribution in [0.25, 0.3) is 0 Å². The van der Waals surface area contributed by atoms with Crippen LogP contribution >= 0.6 is 46.1 Å². The molecule has 0 spiro atoms. The molecule has 0 bridgehead atoms. The number of carbonyl (C=O) groups excluding carboxylic acids is 1. The Morgan fingerprint density at radius 3 is 2.41 bits per heavy atom. The molecule has 2 N–H and O–H groups in total. The predicted molar refractivity (Wildman–Crippen MR) is 92.5 cm³/mol. The van der Waals surface area contributed by atoms with E-state index >= 15 is 0 Å². The van der Waals surface area contributed by atoms with Crippen LogP contribution in [-0.2, 0) is 0 Å². The highest BCUT2D eigenvalue weighted by Gasteiger charge is 2.34. The van der Waals surface area contributed by atoms with Gasteiger partial charge in [-0.15, -0.1) is 11.3 Å². The Bertz CT molecular complexity index is 612. The van der Waals surface area contributed by atoms with E-state index in [1.165, 1.54) is 11.3 Å². The molecule has 4 nitrogen and oxygen atoms in total. The number of methoxy groups -OCH3 is 1. The van der Waals surface area contributed by atoms with Crippen molar-refractivity contribution >= 4 is 57.7 Å². The highest BCUT2D eigenvalue weighted by atomic mass is 35.6. The molecular formula is C14H13Cl3N2O2S. The van der Waals surface area contributed by atoms with Crippen molar-refractivity contribution in [3.8, 4) is 5.75 Å². The summed E-state index contributed by atoms with van der Waals surface area (Å²) >= 11 is 19.1. The Morgan fingerprint density at radius 2 is 1.91 bits per heavy atom. The van der Waals surface area contributed by atoms with Crippen LogP contribution in [0.1, 0.15) is 9.67 Å². The van der Waals surface area contributed by atoms with Crippen LogP contribution in [0.5, 0.6) is 5.75 Å². The fourth-order valence-electron chi connectivity index (χ4n) is 1.66. The highest BCUT2D eigenvalue weighted by molar-refractivity contribution is 7.12. The number of thiophene rings is 1. The predicted octanol–water partition coefficient (Wildman–Crippen LogP) is 4.29. The second-order valence-electron chi connectivity index (χ2n) is 4.30. The van der Waals surface area contributed by atoms with Gasteiger partial charge in [0, 0.05) is 5.69 Å². The van der Waals surface area contributed by atoms with Crippen LogP contribution in [0, 0.1) is 0 Å². The van der Waals surface area contributed by atoms with E-state index in [-0.39, 0.29) is 5.91 Å². The van der Waals surface area contributed by atoms with Gasteiger partial charge in [0.05, 0.1) is 12.0 Å². The molecule has 1 aromatic heterocycles. The first kappa shape index (κ1) is 17.2. The van der Waals surface area contributed by atoms with E-state index in [2.05, 4.69) is 10.6 Å². The summed E-state index contributed by atoms with van der Waals surface area (Å²) in [5.74, 6) is 0.394. The lowest BCUT2D eigenvalue weighted by Crippen LogP contribution is -2.48. The van der Waals surface area contributed by atoms with Gasteiger partial charge in [-0.2, -0.15) is 0 Å². The number of amides is 1. The Balaban J connectivity index is 2.10. The minimum absolute atomic E-state index is 0.313. The lowest BCUT2D eigenvalue weighted by atomic mass is 10.3. The molecule has 0 unspecified atom stereocenters. The fraction of sp³-hybridized carbons (Fsp3) is 0.214. The van der Waals surface area contributed by atoms with Gasteiger partial charge in [-0.3, -0.25) is 4.79 Å². The minimum atomic E-state index is -1.72. The van der Waals surface area contributed by atoms with Crippen LogP contribution < -0.4 is 15.4 Å². The lowest BCUT2D eigenvalue weighted by molar-refractivity contribution is 0.0946. The van der Waals surface area contributed by atoms with E-state index in [0.717, 1.165) is 0 Å². The number of nitrogens with one attached hydrogen (secondary N) is 2. The third-order valence-electron chi connectivity index (χ3n) is 2.75. The maximum Gasteiger partial charge on any atom is 0.263 e. The van der Waals surface area contributed by atoms with Crippen LogP contribution in [0.3, 0.4) is 0 Å². The number of ether oxygens (including phenoxy) is 1. The van der Waals surface area contributed by atoms with Crippen LogP contribution in [0.4, 0.5) is 5.69 Å². The second-order valence-corrected chi connectivity index (χ2v) is 7.61. The number of halogens is 3. The van der Waals surface area contributed by atoms with Crippen molar-refractivity contribution in [1.29, 1.82) is 0 Å². The van der Waals surface area contributed by atoms with E-state index in [0.29, 0.717) is 16.3 Å². The third-order valence-corrected chi connectivity index (χ3v) is 4.27. The summed E-state index contributed by atoms with van der Waals surface area (Å²) in [4.78, 5) is 12.7. The largest absolute Gasteiger partial charge is 0.497 e. The molecule has 0 fully saturated rings. The zero-order valence-electron chi connectivity index (χ0n) is 11.5. The summed E-state index contributed by atoms with van der Waals surface area (Å²) in [5, 5.41) is 7.46. The van der Waals surface area contributed by atoms with Crippen molar-refractivity contribution in [2.24, 2.45) is 0 Å². The SMILES string of the molecule is COc1ccc(N[C@@H](NC(=O)c2cccs2)C(Cl)(Cl)Cl)cc1. The number of rotatable bonds is 5. The summed E-state index contributed by atoms with van der Waals surface area (Å²) in [5.41, 5.74) is 0.684.